The van der Waals surface area contributed by atoms with Crippen molar-refractivity contribution in [2.24, 2.45) is 5.92 Å². The molecule has 0 unspecified atom stereocenters. The lowest BCUT2D eigenvalue weighted by molar-refractivity contribution is 0.405. The fraction of sp³-hybridized carbons (Fsp3) is 0.467. The Morgan fingerprint density at radius 2 is 2.00 bits per heavy atom. The van der Waals surface area contributed by atoms with Gasteiger partial charge in [-0.25, -0.2) is 4.39 Å². The van der Waals surface area contributed by atoms with E-state index >= 15 is 0 Å². The molecule has 0 radical (unpaired) electrons. The van der Waals surface area contributed by atoms with Crippen molar-refractivity contribution in [3.05, 3.63) is 39.6 Å². The molecule has 0 bridgehead atoms. The van der Waals surface area contributed by atoms with E-state index in [2.05, 4.69) is 31.9 Å². The first-order valence-corrected chi connectivity index (χ1v) is 8.33. The summed E-state index contributed by atoms with van der Waals surface area (Å²) in [4.78, 5) is 0. The van der Waals surface area contributed by atoms with Crippen LogP contribution in [0.3, 0.4) is 0 Å². The van der Waals surface area contributed by atoms with Crippen LogP contribution in [0.25, 0.3) is 6.08 Å². The first kappa shape index (κ1) is 14.3. The summed E-state index contributed by atoms with van der Waals surface area (Å²) in [6.45, 7) is 0. The van der Waals surface area contributed by atoms with Crippen molar-refractivity contribution in [2.45, 2.75) is 32.1 Å². The van der Waals surface area contributed by atoms with Crippen LogP contribution in [0.1, 0.15) is 37.7 Å². The van der Waals surface area contributed by atoms with Gasteiger partial charge in [0.2, 0.25) is 0 Å². The molecule has 0 N–H and O–H groups in total. The molecule has 0 nitrogen and oxygen atoms in total. The van der Waals surface area contributed by atoms with Crippen molar-refractivity contribution in [3.63, 3.8) is 0 Å². The molecule has 0 spiro atoms. The average molecular weight is 376 g/mol. The second kappa shape index (κ2) is 6.85. The maximum atomic E-state index is 13.8. The Balaban J connectivity index is 2.22. The van der Waals surface area contributed by atoms with Gasteiger partial charge in [0, 0.05) is 15.4 Å². The molecule has 0 saturated heterocycles. The molecule has 0 heterocycles. The van der Waals surface area contributed by atoms with Crippen LogP contribution in [0.2, 0.25) is 0 Å². The van der Waals surface area contributed by atoms with Gasteiger partial charge >= 0.3 is 0 Å². The Morgan fingerprint density at radius 1 is 1.28 bits per heavy atom. The Hall–Kier alpha value is -0.150. The number of hydrogen-bond acceptors (Lipinski definition) is 0. The highest BCUT2D eigenvalue weighted by molar-refractivity contribution is 9.10. The monoisotopic (exact) mass is 374 g/mol. The van der Waals surface area contributed by atoms with E-state index in [1.54, 1.807) is 0 Å². The predicted molar refractivity (Wildman–Crippen MR) is 82.4 cm³/mol. The molecule has 0 aliphatic heterocycles. The van der Waals surface area contributed by atoms with Gasteiger partial charge < -0.3 is 0 Å². The minimum absolute atomic E-state index is 0.154. The van der Waals surface area contributed by atoms with Crippen molar-refractivity contribution in [1.82, 2.24) is 0 Å². The number of rotatable bonds is 3. The lowest BCUT2D eigenvalue weighted by Gasteiger charge is -2.23. The van der Waals surface area contributed by atoms with Crippen molar-refractivity contribution in [2.75, 3.05) is 5.33 Å². The maximum absolute atomic E-state index is 13.8. The highest BCUT2D eigenvalue weighted by Crippen LogP contribution is 2.32. The van der Waals surface area contributed by atoms with Gasteiger partial charge in [0.15, 0.2) is 0 Å². The summed E-state index contributed by atoms with van der Waals surface area (Å²) in [7, 11) is 0. The van der Waals surface area contributed by atoms with E-state index in [4.69, 9.17) is 0 Å². The Morgan fingerprint density at radius 3 is 2.61 bits per heavy atom. The summed E-state index contributed by atoms with van der Waals surface area (Å²) in [6, 6.07) is 5.26. The summed E-state index contributed by atoms with van der Waals surface area (Å²) in [5.74, 6) is 0.472. The fourth-order valence-corrected chi connectivity index (χ4v) is 3.51. The third-order valence-corrected chi connectivity index (χ3v) is 4.73. The standard InChI is InChI=1S/C15H17Br2F/c16-10-13(11-4-2-1-3-5-11)8-12-6-7-14(17)9-15(12)18/h6-9,11H,1-5,10H2. The molecule has 0 amide bonds. The first-order chi connectivity index (χ1) is 8.70. The highest BCUT2D eigenvalue weighted by atomic mass is 79.9. The minimum Gasteiger partial charge on any atom is -0.206 e. The van der Waals surface area contributed by atoms with Crippen molar-refractivity contribution in [1.29, 1.82) is 0 Å². The maximum Gasteiger partial charge on any atom is 0.131 e. The molecule has 0 atom stereocenters. The Labute approximate surface area is 125 Å². The minimum atomic E-state index is -0.154. The zero-order valence-corrected chi connectivity index (χ0v) is 13.4. The second-order valence-electron chi connectivity index (χ2n) is 4.85. The summed E-state index contributed by atoms with van der Waals surface area (Å²) >= 11 is 6.83. The van der Waals surface area contributed by atoms with Gasteiger partial charge in [0.25, 0.3) is 0 Å². The summed E-state index contributed by atoms with van der Waals surface area (Å²) in [6.07, 6.45) is 8.46. The van der Waals surface area contributed by atoms with Gasteiger partial charge in [-0.15, -0.1) is 0 Å². The number of hydrogen-bond donors (Lipinski definition) is 0. The molecule has 1 aliphatic rings. The second-order valence-corrected chi connectivity index (χ2v) is 6.33. The normalized spacial score (nSPS) is 18.1. The van der Waals surface area contributed by atoms with Crippen molar-refractivity contribution >= 4 is 37.9 Å². The van der Waals surface area contributed by atoms with E-state index in [1.165, 1.54) is 43.7 Å². The third-order valence-electron chi connectivity index (χ3n) is 3.59. The number of alkyl halides is 1. The zero-order chi connectivity index (χ0) is 13.0. The quantitative estimate of drug-likeness (QED) is 0.573. The predicted octanol–water partition coefficient (Wildman–Crippen LogP) is 5.95. The van der Waals surface area contributed by atoms with Crippen LogP contribution in [-0.2, 0) is 0 Å². The van der Waals surface area contributed by atoms with Gasteiger partial charge in [0.1, 0.15) is 5.82 Å². The van der Waals surface area contributed by atoms with E-state index in [1.807, 2.05) is 18.2 Å². The molecule has 1 aromatic carbocycles. The molecule has 1 aromatic rings. The molecule has 98 valence electrons. The van der Waals surface area contributed by atoms with Gasteiger partial charge in [-0.3, -0.25) is 0 Å². The lowest BCUT2D eigenvalue weighted by atomic mass is 9.84. The van der Waals surface area contributed by atoms with E-state index in [0.29, 0.717) is 11.5 Å². The lowest BCUT2D eigenvalue weighted by Crippen LogP contribution is -2.10. The fourth-order valence-electron chi connectivity index (χ4n) is 2.56. The zero-order valence-electron chi connectivity index (χ0n) is 10.3. The highest BCUT2D eigenvalue weighted by Gasteiger charge is 2.17. The first-order valence-electron chi connectivity index (χ1n) is 6.42. The molecule has 1 saturated carbocycles. The SMILES string of the molecule is Fc1cc(Br)ccc1C=C(CBr)C1CCCCC1. The van der Waals surface area contributed by atoms with Crippen LogP contribution < -0.4 is 0 Å². The van der Waals surface area contributed by atoms with Crippen LogP contribution in [-0.4, -0.2) is 5.33 Å². The molecule has 2 rings (SSSR count). The van der Waals surface area contributed by atoms with E-state index in [9.17, 15) is 4.39 Å². The molecule has 18 heavy (non-hydrogen) atoms. The Bertz CT molecular complexity index is 434. The van der Waals surface area contributed by atoms with Crippen LogP contribution >= 0.6 is 31.9 Å². The van der Waals surface area contributed by atoms with E-state index in [-0.39, 0.29) is 5.82 Å². The topological polar surface area (TPSA) is 0 Å². The molecular weight excluding hydrogens is 359 g/mol. The summed E-state index contributed by atoms with van der Waals surface area (Å²) < 4.78 is 14.6. The molecule has 3 heteroatoms. The molecule has 1 fully saturated rings. The Kier molecular flexibility index (Phi) is 5.43. The molecular formula is C15H17Br2F. The third kappa shape index (κ3) is 3.67. The van der Waals surface area contributed by atoms with Gasteiger partial charge in [0.05, 0.1) is 0 Å². The average Bonchev–Trinajstić information content (AvgIpc) is 2.39. The number of halogens is 3. The van der Waals surface area contributed by atoms with Gasteiger partial charge in [-0.05, 0) is 30.9 Å². The van der Waals surface area contributed by atoms with E-state index in [0.717, 1.165) is 9.80 Å². The molecule has 0 aromatic heterocycles. The number of benzene rings is 1. The van der Waals surface area contributed by atoms with Crippen LogP contribution in [0.5, 0.6) is 0 Å². The largest absolute Gasteiger partial charge is 0.206 e. The van der Waals surface area contributed by atoms with Crippen molar-refractivity contribution in [3.8, 4) is 0 Å². The van der Waals surface area contributed by atoms with E-state index < -0.39 is 0 Å². The van der Waals surface area contributed by atoms with Crippen LogP contribution in [0.15, 0.2) is 28.2 Å². The smallest absolute Gasteiger partial charge is 0.131 e. The van der Waals surface area contributed by atoms with Crippen LogP contribution in [0, 0.1) is 11.7 Å². The molecule has 1 aliphatic carbocycles. The van der Waals surface area contributed by atoms with Gasteiger partial charge in [-0.1, -0.05) is 68.8 Å². The number of allylic oxidation sites excluding steroid dienone is 1. The summed E-state index contributed by atoms with van der Waals surface area (Å²) in [5, 5.41) is 0.840. The van der Waals surface area contributed by atoms with Crippen LogP contribution in [0.4, 0.5) is 4.39 Å². The van der Waals surface area contributed by atoms with Gasteiger partial charge in [-0.2, -0.15) is 0 Å². The summed E-state index contributed by atoms with van der Waals surface area (Å²) in [5.41, 5.74) is 2.02. The van der Waals surface area contributed by atoms with Crippen molar-refractivity contribution < 1.29 is 4.39 Å².